The number of carboxylic acids is 1. The van der Waals surface area contributed by atoms with Crippen molar-refractivity contribution in [1.82, 2.24) is 9.88 Å². The average molecular weight is 334 g/mol. The van der Waals surface area contributed by atoms with E-state index in [-0.39, 0.29) is 18.2 Å². The first kappa shape index (κ1) is 15.7. The number of nitrogens with zero attached hydrogens (tertiary/aromatic N) is 2. The van der Waals surface area contributed by atoms with Crippen LogP contribution in [0.4, 0.5) is 0 Å². The molecule has 0 bridgehead atoms. The fraction of sp³-hybridized carbons (Fsp3) is 0.438. The molecule has 1 aliphatic rings. The second kappa shape index (κ2) is 6.54. The van der Waals surface area contributed by atoms with E-state index < -0.39 is 5.97 Å². The molecule has 0 atom stereocenters. The predicted octanol–water partition coefficient (Wildman–Crippen LogP) is 3.04. The molecule has 0 aliphatic carbocycles. The van der Waals surface area contributed by atoms with Gasteiger partial charge in [0, 0.05) is 24.9 Å². The fourth-order valence-corrected chi connectivity index (χ4v) is 3.54. The SMILES string of the molecule is Cc1ccc(-c2nc(C(=O)N3CCC(CC(=O)O)CC3)cs2)o1. The van der Waals surface area contributed by atoms with Gasteiger partial charge in [-0.05, 0) is 37.8 Å². The molecule has 7 heteroatoms. The van der Waals surface area contributed by atoms with Crippen LogP contribution in [0.1, 0.15) is 35.5 Å². The molecule has 2 aromatic rings. The van der Waals surface area contributed by atoms with E-state index in [1.165, 1.54) is 11.3 Å². The number of carbonyl (C=O) groups excluding carboxylic acids is 1. The van der Waals surface area contributed by atoms with Crippen molar-refractivity contribution in [3.63, 3.8) is 0 Å². The molecule has 2 aromatic heterocycles. The van der Waals surface area contributed by atoms with E-state index in [4.69, 9.17) is 9.52 Å². The van der Waals surface area contributed by atoms with Crippen molar-refractivity contribution in [2.45, 2.75) is 26.2 Å². The fourth-order valence-electron chi connectivity index (χ4n) is 2.78. The van der Waals surface area contributed by atoms with Crippen LogP contribution < -0.4 is 0 Å². The smallest absolute Gasteiger partial charge is 0.303 e. The molecule has 3 rings (SSSR count). The summed E-state index contributed by atoms with van der Waals surface area (Å²) in [6.07, 6.45) is 1.64. The maximum atomic E-state index is 12.5. The van der Waals surface area contributed by atoms with Crippen molar-refractivity contribution in [3.8, 4) is 10.8 Å². The number of likely N-dealkylation sites (tertiary alicyclic amines) is 1. The van der Waals surface area contributed by atoms with Crippen LogP contribution >= 0.6 is 11.3 Å². The highest BCUT2D eigenvalue weighted by Gasteiger charge is 2.26. The number of hydrogen-bond acceptors (Lipinski definition) is 5. The number of aliphatic carboxylic acids is 1. The zero-order chi connectivity index (χ0) is 16.4. The molecular formula is C16H18N2O4S. The number of furan rings is 1. The summed E-state index contributed by atoms with van der Waals surface area (Å²) in [5, 5.41) is 11.3. The maximum absolute atomic E-state index is 12.5. The third-order valence-electron chi connectivity index (χ3n) is 4.04. The van der Waals surface area contributed by atoms with E-state index in [0.717, 1.165) is 18.6 Å². The number of amides is 1. The van der Waals surface area contributed by atoms with E-state index in [0.29, 0.717) is 29.6 Å². The molecule has 122 valence electrons. The van der Waals surface area contributed by atoms with Gasteiger partial charge in [-0.25, -0.2) is 4.98 Å². The quantitative estimate of drug-likeness (QED) is 0.929. The standard InChI is InChI=1S/C16H18N2O4S/c1-10-2-3-13(22-10)15-17-12(9-23-15)16(21)18-6-4-11(5-7-18)8-14(19)20/h2-3,9,11H,4-8H2,1H3,(H,19,20). The Kier molecular flexibility index (Phi) is 4.47. The van der Waals surface area contributed by atoms with Crippen molar-refractivity contribution < 1.29 is 19.1 Å². The normalized spacial score (nSPS) is 15.8. The van der Waals surface area contributed by atoms with Gasteiger partial charge in [0.15, 0.2) is 10.8 Å². The summed E-state index contributed by atoms with van der Waals surface area (Å²) in [6, 6.07) is 3.71. The van der Waals surface area contributed by atoms with Crippen LogP contribution in [-0.2, 0) is 4.79 Å². The first-order valence-corrected chi connectivity index (χ1v) is 8.44. The number of piperidine rings is 1. The summed E-state index contributed by atoms with van der Waals surface area (Å²) in [7, 11) is 0. The summed E-state index contributed by atoms with van der Waals surface area (Å²) < 4.78 is 5.53. The van der Waals surface area contributed by atoms with Gasteiger partial charge < -0.3 is 14.4 Å². The molecule has 0 unspecified atom stereocenters. The lowest BCUT2D eigenvalue weighted by Gasteiger charge is -2.30. The topological polar surface area (TPSA) is 83.6 Å². The highest BCUT2D eigenvalue weighted by Crippen LogP contribution is 2.27. The minimum Gasteiger partial charge on any atom is -0.481 e. The van der Waals surface area contributed by atoms with Gasteiger partial charge >= 0.3 is 5.97 Å². The molecule has 1 fully saturated rings. The Labute approximate surface area is 137 Å². The lowest BCUT2D eigenvalue weighted by Crippen LogP contribution is -2.39. The minimum atomic E-state index is -0.771. The van der Waals surface area contributed by atoms with E-state index >= 15 is 0 Å². The second-order valence-electron chi connectivity index (χ2n) is 5.78. The van der Waals surface area contributed by atoms with Gasteiger partial charge in [0.2, 0.25) is 0 Å². The van der Waals surface area contributed by atoms with Gasteiger partial charge in [0.1, 0.15) is 11.5 Å². The number of hydrogen-bond donors (Lipinski definition) is 1. The largest absolute Gasteiger partial charge is 0.481 e. The molecule has 1 aliphatic heterocycles. The maximum Gasteiger partial charge on any atom is 0.303 e. The number of aryl methyl sites for hydroxylation is 1. The van der Waals surface area contributed by atoms with Crippen LogP contribution in [0.25, 0.3) is 10.8 Å². The number of thiazole rings is 1. The molecule has 0 radical (unpaired) electrons. The van der Waals surface area contributed by atoms with E-state index in [1.54, 1.807) is 10.3 Å². The van der Waals surface area contributed by atoms with Crippen molar-refractivity contribution in [3.05, 3.63) is 29.0 Å². The molecular weight excluding hydrogens is 316 g/mol. The average Bonchev–Trinajstić information content (AvgIpc) is 3.15. The van der Waals surface area contributed by atoms with Gasteiger partial charge in [-0.15, -0.1) is 11.3 Å². The third-order valence-corrected chi connectivity index (χ3v) is 4.90. The monoisotopic (exact) mass is 334 g/mol. The lowest BCUT2D eigenvalue weighted by molar-refractivity contribution is -0.138. The zero-order valence-corrected chi connectivity index (χ0v) is 13.6. The van der Waals surface area contributed by atoms with Gasteiger partial charge in [0.05, 0.1) is 0 Å². The Morgan fingerprint density at radius 1 is 1.39 bits per heavy atom. The first-order chi connectivity index (χ1) is 11.0. The van der Waals surface area contributed by atoms with Crippen LogP contribution in [-0.4, -0.2) is 40.0 Å². The zero-order valence-electron chi connectivity index (χ0n) is 12.8. The van der Waals surface area contributed by atoms with Gasteiger partial charge in [0.25, 0.3) is 5.91 Å². The summed E-state index contributed by atoms with van der Waals surface area (Å²) in [5.41, 5.74) is 0.427. The van der Waals surface area contributed by atoms with E-state index in [2.05, 4.69) is 4.98 Å². The molecule has 1 saturated heterocycles. The number of aromatic nitrogens is 1. The van der Waals surface area contributed by atoms with Gasteiger partial charge in [-0.3, -0.25) is 9.59 Å². The van der Waals surface area contributed by atoms with Crippen LogP contribution in [0.3, 0.4) is 0 Å². The minimum absolute atomic E-state index is 0.0930. The number of carboxylic acid groups (broad SMARTS) is 1. The van der Waals surface area contributed by atoms with Crippen molar-refractivity contribution in [2.75, 3.05) is 13.1 Å². The van der Waals surface area contributed by atoms with Crippen LogP contribution in [0, 0.1) is 12.8 Å². The van der Waals surface area contributed by atoms with Crippen molar-refractivity contribution >= 4 is 23.2 Å². The number of carbonyl (C=O) groups is 2. The Hall–Kier alpha value is -2.15. The van der Waals surface area contributed by atoms with Crippen LogP contribution in [0.5, 0.6) is 0 Å². The summed E-state index contributed by atoms with van der Waals surface area (Å²) in [5.74, 6) is 0.779. The molecule has 6 nitrogen and oxygen atoms in total. The molecule has 23 heavy (non-hydrogen) atoms. The Balaban J connectivity index is 1.63. The Morgan fingerprint density at radius 2 is 2.13 bits per heavy atom. The first-order valence-electron chi connectivity index (χ1n) is 7.56. The highest BCUT2D eigenvalue weighted by molar-refractivity contribution is 7.13. The Morgan fingerprint density at radius 3 is 2.74 bits per heavy atom. The summed E-state index contributed by atoms with van der Waals surface area (Å²) in [4.78, 5) is 29.4. The van der Waals surface area contributed by atoms with Crippen LogP contribution in [0.15, 0.2) is 21.9 Å². The number of rotatable bonds is 4. The lowest BCUT2D eigenvalue weighted by atomic mass is 9.93. The molecule has 0 spiro atoms. The van der Waals surface area contributed by atoms with Gasteiger partial charge in [-0.2, -0.15) is 0 Å². The summed E-state index contributed by atoms with van der Waals surface area (Å²) >= 11 is 1.39. The predicted molar refractivity (Wildman–Crippen MR) is 85.4 cm³/mol. The molecule has 0 saturated carbocycles. The van der Waals surface area contributed by atoms with E-state index in [9.17, 15) is 9.59 Å². The van der Waals surface area contributed by atoms with Crippen molar-refractivity contribution in [1.29, 1.82) is 0 Å². The van der Waals surface area contributed by atoms with E-state index in [1.807, 2.05) is 19.1 Å². The molecule has 0 aromatic carbocycles. The van der Waals surface area contributed by atoms with Crippen molar-refractivity contribution in [2.24, 2.45) is 5.92 Å². The molecule has 3 heterocycles. The van der Waals surface area contributed by atoms with Crippen LogP contribution in [0.2, 0.25) is 0 Å². The second-order valence-corrected chi connectivity index (χ2v) is 6.64. The summed E-state index contributed by atoms with van der Waals surface area (Å²) in [6.45, 7) is 3.04. The Bertz CT molecular complexity index is 713. The molecule has 1 N–H and O–H groups in total. The third kappa shape index (κ3) is 3.61. The molecule has 1 amide bonds. The van der Waals surface area contributed by atoms with Gasteiger partial charge in [-0.1, -0.05) is 0 Å². The highest BCUT2D eigenvalue weighted by atomic mass is 32.1.